The molecule has 0 heterocycles. The second-order valence-electron chi connectivity index (χ2n) is 6.39. The summed E-state index contributed by atoms with van der Waals surface area (Å²) < 4.78 is 58.9. The first kappa shape index (κ1) is 21.3. The van der Waals surface area contributed by atoms with Gasteiger partial charge in [0.1, 0.15) is 5.75 Å². The van der Waals surface area contributed by atoms with Gasteiger partial charge < -0.3 is 10.1 Å². The molecule has 0 aliphatic carbocycles. The van der Waals surface area contributed by atoms with Crippen molar-refractivity contribution in [3.8, 4) is 5.75 Å². The highest BCUT2D eigenvalue weighted by Crippen LogP contribution is 2.23. The first-order valence-corrected chi connectivity index (χ1v) is 10.2. The number of sulfonamides is 1. The Hall–Kier alpha value is -3.46. The van der Waals surface area contributed by atoms with Crippen LogP contribution in [0, 0.1) is 18.6 Å². The summed E-state index contributed by atoms with van der Waals surface area (Å²) in [7, 11) is -2.35. The van der Waals surface area contributed by atoms with Gasteiger partial charge in [-0.2, -0.15) is 0 Å². The van der Waals surface area contributed by atoms with Gasteiger partial charge >= 0.3 is 0 Å². The number of carbonyl (C=O) groups excluding carboxylic acids is 1. The molecule has 0 saturated carbocycles. The fourth-order valence-corrected chi connectivity index (χ4v) is 3.79. The smallest absolute Gasteiger partial charge is 0.261 e. The molecule has 3 rings (SSSR count). The zero-order valence-corrected chi connectivity index (χ0v) is 16.9. The van der Waals surface area contributed by atoms with Gasteiger partial charge in [-0.1, -0.05) is 0 Å². The van der Waals surface area contributed by atoms with Crippen LogP contribution in [0.2, 0.25) is 0 Å². The van der Waals surface area contributed by atoms with Crippen LogP contribution in [-0.2, 0) is 10.0 Å². The molecular weight excluding hydrogens is 414 g/mol. The Kier molecular flexibility index (Phi) is 6.02. The van der Waals surface area contributed by atoms with Crippen molar-refractivity contribution >= 4 is 27.3 Å². The minimum absolute atomic E-state index is 0.0582. The molecule has 0 aromatic heterocycles. The van der Waals surface area contributed by atoms with E-state index in [0.717, 1.165) is 12.1 Å². The number of hydrogen-bond acceptors (Lipinski definition) is 4. The molecule has 156 valence electrons. The monoisotopic (exact) mass is 432 g/mol. The van der Waals surface area contributed by atoms with Crippen molar-refractivity contribution in [1.29, 1.82) is 0 Å². The number of hydrogen-bond donors (Lipinski definition) is 2. The van der Waals surface area contributed by atoms with Crippen LogP contribution in [0.5, 0.6) is 5.75 Å². The third-order valence-electron chi connectivity index (χ3n) is 4.28. The van der Waals surface area contributed by atoms with Crippen LogP contribution >= 0.6 is 0 Å². The molecule has 2 N–H and O–H groups in total. The van der Waals surface area contributed by atoms with E-state index in [4.69, 9.17) is 4.74 Å². The number of halogens is 2. The summed E-state index contributed by atoms with van der Waals surface area (Å²) in [5, 5.41) is 2.46. The van der Waals surface area contributed by atoms with Gasteiger partial charge in [0.2, 0.25) is 0 Å². The highest BCUT2D eigenvalue weighted by molar-refractivity contribution is 7.92. The predicted octanol–water partition coefficient (Wildman–Crippen LogP) is 4.33. The van der Waals surface area contributed by atoms with E-state index in [-0.39, 0.29) is 16.1 Å². The molecule has 9 heteroatoms. The second-order valence-corrected chi connectivity index (χ2v) is 8.08. The van der Waals surface area contributed by atoms with Crippen molar-refractivity contribution in [2.24, 2.45) is 0 Å². The molecule has 0 aliphatic heterocycles. The summed E-state index contributed by atoms with van der Waals surface area (Å²) in [6.07, 6.45) is 0. The predicted molar refractivity (Wildman–Crippen MR) is 109 cm³/mol. The highest BCUT2D eigenvalue weighted by atomic mass is 32.2. The molecule has 0 fully saturated rings. The Bertz CT molecular complexity index is 1200. The molecule has 3 aromatic rings. The Morgan fingerprint density at radius 1 is 0.933 bits per heavy atom. The average molecular weight is 432 g/mol. The molecule has 0 spiro atoms. The summed E-state index contributed by atoms with van der Waals surface area (Å²) in [5.74, 6) is -2.11. The number of ether oxygens (including phenoxy) is 1. The van der Waals surface area contributed by atoms with Gasteiger partial charge in [-0.15, -0.1) is 0 Å². The summed E-state index contributed by atoms with van der Waals surface area (Å²) in [5.41, 5.74) is 1.13. The minimum Gasteiger partial charge on any atom is -0.497 e. The number of amides is 1. The molecule has 0 radical (unpaired) electrons. The molecule has 0 unspecified atom stereocenters. The van der Waals surface area contributed by atoms with Gasteiger partial charge in [0, 0.05) is 17.3 Å². The number of nitrogens with one attached hydrogen (secondary N) is 2. The van der Waals surface area contributed by atoms with Crippen molar-refractivity contribution in [3.05, 3.63) is 83.4 Å². The zero-order valence-electron chi connectivity index (χ0n) is 16.1. The first-order valence-electron chi connectivity index (χ1n) is 8.73. The molecule has 0 atom stereocenters. The Morgan fingerprint density at radius 3 is 2.23 bits per heavy atom. The number of rotatable bonds is 6. The maximum atomic E-state index is 13.3. The third kappa shape index (κ3) is 4.74. The highest BCUT2D eigenvalue weighted by Gasteiger charge is 2.17. The van der Waals surface area contributed by atoms with Crippen LogP contribution in [-0.4, -0.2) is 21.4 Å². The lowest BCUT2D eigenvalue weighted by Crippen LogP contribution is -2.15. The summed E-state index contributed by atoms with van der Waals surface area (Å²) >= 11 is 0. The van der Waals surface area contributed by atoms with E-state index in [9.17, 15) is 22.0 Å². The molecule has 0 aliphatic rings. The van der Waals surface area contributed by atoms with E-state index in [0.29, 0.717) is 17.0 Å². The zero-order chi connectivity index (χ0) is 21.9. The molecule has 1 amide bonds. The Labute approximate surface area is 172 Å². The first-order chi connectivity index (χ1) is 14.2. The van der Waals surface area contributed by atoms with E-state index in [1.165, 1.54) is 55.6 Å². The quantitative estimate of drug-likeness (QED) is 0.607. The summed E-state index contributed by atoms with van der Waals surface area (Å²) in [6, 6.07) is 13.3. The van der Waals surface area contributed by atoms with Crippen LogP contribution in [0.25, 0.3) is 0 Å². The number of anilines is 2. The summed E-state index contributed by atoms with van der Waals surface area (Å²) in [4.78, 5) is 12.4. The molecule has 0 saturated heterocycles. The van der Waals surface area contributed by atoms with Gasteiger partial charge in [0.25, 0.3) is 15.9 Å². The number of benzene rings is 3. The Balaban J connectivity index is 1.77. The van der Waals surface area contributed by atoms with Crippen LogP contribution in [0.4, 0.5) is 20.2 Å². The number of aryl methyl sites for hydroxylation is 1. The maximum Gasteiger partial charge on any atom is 0.261 e. The van der Waals surface area contributed by atoms with Crippen LogP contribution < -0.4 is 14.8 Å². The van der Waals surface area contributed by atoms with E-state index in [1.807, 2.05) is 0 Å². The lowest BCUT2D eigenvalue weighted by atomic mass is 10.1. The number of carbonyl (C=O) groups is 1. The molecule has 0 bridgehead atoms. The Morgan fingerprint density at radius 2 is 1.63 bits per heavy atom. The third-order valence-corrected chi connectivity index (χ3v) is 5.66. The maximum absolute atomic E-state index is 13.3. The molecular formula is C21H18F2N2O4S. The standard InChI is InChI=1S/C21H18F2N2O4S/c1-13-11-14(21(26)24-15-4-9-18(22)19(23)12-15)3-10-20(13)25-30(27,28)17-7-5-16(29-2)6-8-17/h3-12,25H,1-2H3,(H,24,26). The van der Waals surface area contributed by atoms with Gasteiger partial charge in [-0.05, 0) is 67.1 Å². The van der Waals surface area contributed by atoms with Crippen LogP contribution in [0.3, 0.4) is 0 Å². The van der Waals surface area contributed by atoms with Gasteiger partial charge in [0.15, 0.2) is 11.6 Å². The van der Waals surface area contributed by atoms with E-state index in [1.54, 1.807) is 6.92 Å². The van der Waals surface area contributed by atoms with Crippen molar-refractivity contribution in [2.75, 3.05) is 17.1 Å². The van der Waals surface area contributed by atoms with Crippen LogP contribution in [0.1, 0.15) is 15.9 Å². The van der Waals surface area contributed by atoms with E-state index < -0.39 is 27.6 Å². The van der Waals surface area contributed by atoms with Crippen LogP contribution in [0.15, 0.2) is 65.6 Å². The topological polar surface area (TPSA) is 84.5 Å². The second kappa shape index (κ2) is 8.50. The fraction of sp³-hybridized carbons (Fsp3) is 0.0952. The fourth-order valence-electron chi connectivity index (χ4n) is 2.66. The van der Waals surface area contributed by atoms with E-state index >= 15 is 0 Å². The average Bonchev–Trinajstić information content (AvgIpc) is 2.72. The summed E-state index contributed by atoms with van der Waals surface area (Å²) in [6.45, 7) is 1.64. The van der Waals surface area contributed by atoms with Crippen molar-refractivity contribution in [3.63, 3.8) is 0 Å². The van der Waals surface area contributed by atoms with E-state index in [2.05, 4.69) is 10.0 Å². The lowest BCUT2D eigenvalue weighted by molar-refractivity contribution is 0.102. The lowest BCUT2D eigenvalue weighted by Gasteiger charge is -2.12. The van der Waals surface area contributed by atoms with Crippen molar-refractivity contribution in [1.82, 2.24) is 0 Å². The normalized spacial score (nSPS) is 11.1. The van der Waals surface area contributed by atoms with Gasteiger partial charge in [-0.3, -0.25) is 9.52 Å². The molecule has 3 aromatic carbocycles. The largest absolute Gasteiger partial charge is 0.497 e. The van der Waals surface area contributed by atoms with Gasteiger partial charge in [-0.25, -0.2) is 17.2 Å². The molecule has 30 heavy (non-hydrogen) atoms. The van der Waals surface area contributed by atoms with Crippen molar-refractivity contribution in [2.45, 2.75) is 11.8 Å². The van der Waals surface area contributed by atoms with Crippen molar-refractivity contribution < 1.29 is 26.7 Å². The number of methoxy groups -OCH3 is 1. The SMILES string of the molecule is COc1ccc(S(=O)(=O)Nc2ccc(C(=O)Nc3ccc(F)c(F)c3)cc2C)cc1. The van der Waals surface area contributed by atoms with Gasteiger partial charge in [0.05, 0.1) is 17.7 Å². The molecule has 6 nitrogen and oxygen atoms in total. The minimum atomic E-state index is -3.83.